The molecule has 1 unspecified atom stereocenters. The van der Waals surface area contributed by atoms with E-state index in [1.807, 2.05) is 36.4 Å². The maximum atomic E-state index is 9.28. The molecular formula is C14H16N2O. The highest BCUT2D eigenvalue weighted by molar-refractivity contribution is 5.46. The van der Waals surface area contributed by atoms with Crippen LogP contribution in [0.5, 0.6) is 0 Å². The maximum absolute atomic E-state index is 9.28. The van der Waals surface area contributed by atoms with Crippen LogP contribution in [0.2, 0.25) is 0 Å². The van der Waals surface area contributed by atoms with Gasteiger partial charge in [0.05, 0.1) is 0 Å². The molecule has 2 aromatic rings. The van der Waals surface area contributed by atoms with E-state index in [1.54, 1.807) is 6.07 Å². The fourth-order valence-corrected chi connectivity index (χ4v) is 1.63. The second-order valence-corrected chi connectivity index (χ2v) is 3.91. The van der Waals surface area contributed by atoms with Crippen molar-refractivity contribution in [3.63, 3.8) is 0 Å². The van der Waals surface area contributed by atoms with Crippen LogP contribution in [-0.2, 0) is 6.54 Å². The third-order valence-electron chi connectivity index (χ3n) is 2.57. The van der Waals surface area contributed by atoms with Crippen molar-refractivity contribution in [1.82, 2.24) is 0 Å². The molecule has 0 spiro atoms. The van der Waals surface area contributed by atoms with Crippen molar-refractivity contribution in [2.75, 3.05) is 5.32 Å². The van der Waals surface area contributed by atoms with Crippen LogP contribution < -0.4 is 11.1 Å². The Morgan fingerprint density at radius 3 is 2.53 bits per heavy atom. The van der Waals surface area contributed by atoms with Gasteiger partial charge in [-0.2, -0.15) is 0 Å². The molecule has 1 atom stereocenters. The van der Waals surface area contributed by atoms with Gasteiger partial charge in [-0.3, -0.25) is 0 Å². The first-order valence-corrected chi connectivity index (χ1v) is 5.57. The zero-order chi connectivity index (χ0) is 12.1. The number of aliphatic hydroxyl groups is 1. The van der Waals surface area contributed by atoms with Crippen molar-refractivity contribution in [3.05, 3.63) is 65.7 Å². The minimum atomic E-state index is -0.923. The van der Waals surface area contributed by atoms with Gasteiger partial charge in [-0.1, -0.05) is 42.5 Å². The molecule has 0 saturated carbocycles. The summed E-state index contributed by atoms with van der Waals surface area (Å²) in [6.07, 6.45) is -0.923. The second kappa shape index (κ2) is 5.48. The lowest BCUT2D eigenvalue weighted by Crippen LogP contribution is -2.09. The van der Waals surface area contributed by atoms with Gasteiger partial charge in [0, 0.05) is 12.2 Å². The minimum absolute atomic E-state index is 0.711. The molecule has 0 radical (unpaired) electrons. The SMILES string of the molecule is NC(O)c1cccc(NCc2ccccc2)c1. The smallest absolute Gasteiger partial charge is 0.128 e. The minimum Gasteiger partial charge on any atom is -0.381 e. The topological polar surface area (TPSA) is 58.3 Å². The van der Waals surface area contributed by atoms with Crippen molar-refractivity contribution >= 4 is 5.69 Å². The van der Waals surface area contributed by atoms with E-state index in [0.717, 1.165) is 12.2 Å². The molecule has 2 rings (SSSR count). The van der Waals surface area contributed by atoms with E-state index in [1.165, 1.54) is 5.56 Å². The molecule has 3 nitrogen and oxygen atoms in total. The van der Waals surface area contributed by atoms with E-state index < -0.39 is 6.23 Å². The van der Waals surface area contributed by atoms with E-state index in [-0.39, 0.29) is 0 Å². The summed E-state index contributed by atoms with van der Waals surface area (Å²) in [5, 5.41) is 12.6. The molecule has 17 heavy (non-hydrogen) atoms. The van der Waals surface area contributed by atoms with Gasteiger partial charge in [-0.05, 0) is 23.3 Å². The Labute approximate surface area is 101 Å². The Bertz CT molecular complexity index is 469. The van der Waals surface area contributed by atoms with Gasteiger partial charge in [0.15, 0.2) is 0 Å². The number of rotatable bonds is 4. The van der Waals surface area contributed by atoms with Crippen LogP contribution in [-0.4, -0.2) is 5.11 Å². The van der Waals surface area contributed by atoms with Crippen molar-refractivity contribution in [1.29, 1.82) is 0 Å². The van der Waals surface area contributed by atoms with Gasteiger partial charge in [-0.25, -0.2) is 0 Å². The average Bonchev–Trinajstić information content (AvgIpc) is 2.38. The van der Waals surface area contributed by atoms with Gasteiger partial charge in [0.2, 0.25) is 0 Å². The lowest BCUT2D eigenvalue weighted by molar-refractivity contribution is 0.186. The number of aliphatic hydroxyl groups excluding tert-OH is 1. The van der Waals surface area contributed by atoms with E-state index in [4.69, 9.17) is 5.73 Å². The molecule has 0 aromatic heterocycles. The van der Waals surface area contributed by atoms with E-state index >= 15 is 0 Å². The van der Waals surface area contributed by atoms with E-state index in [9.17, 15) is 5.11 Å². The number of nitrogens with two attached hydrogens (primary N) is 1. The summed E-state index contributed by atoms with van der Waals surface area (Å²) in [5.41, 5.74) is 8.30. The number of anilines is 1. The zero-order valence-electron chi connectivity index (χ0n) is 9.51. The average molecular weight is 228 g/mol. The first kappa shape index (κ1) is 11.6. The van der Waals surface area contributed by atoms with Crippen LogP contribution in [0, 0.1) is 0 Å². The standard InChI is InChI=1S/C14H16N2O/c15-14(17)12-7-4-8-13(9-12)16-10-11-5-2-1-3-6-11/h1-9,14,16-17H,10,15H2. The predicted molar refractivity (Wildman–Crippen MR) is 69.4 cm³/mol. The number of benzene rings is 2. The molecule has 88 valence electrons. The molecule has 0 amide bonds. The Morgan fingerprint density at radius 2 is 1.82 bits per heavy atom. The highest BCUT2D eigenvalue weighted by atomic mass is 16.3. The fourth-order valence-electron chi connectivity index (χ4n) is 1.63. The zero-order valence-corrected chi connectivity index (χ0v) is 9.51. The highest BCUT2D eigenvalue weighted by Gasteiger charge is 2.01. The summed E-state index contributed by atoms with van der Waals surface area (Å²) in [6, 6.07) is 17.6. The molecule has 0 aliphatic carbocycles. The van der Waals surface area contributed by atoms with Crippen molar-refractivity contribution in [3.8, 4) is 0 Å². The van der Waals surface area contributed by atoms with Gasteiger partial charge in [0.25, 0.3) is 0 Å². The fraction of sp³-hybridized carbons (Fsp3) is 0.143. The second-order valence-electron chi connectivity index (χ2n) is 3.91. The maximum Gasteiger partial charge on any atom is 0.128 e. The van der Waals surface area contributed by atoms with Crippen LogP contribution in [0.3, 0.4) is 0 Å². The molecule has 0 bridgehead atoms. The van der Waals surface area contributed by atoms with Gasteiger partial charge < -0.3 is 16.2 Å². The molecule has 3 heteroatoms. The summed E-state index contributed by atoms with van der Waals surface area (Å²) in [5.74, 6) is 0. The normalized spacial score (nSPS) is 12.1. The van der Waals surface area contributed by atoms with Crippen LogP contribution in [0.25, 0.3) is 0 Å². The lowest BCUT2D eigenvalue weighted by Gasteiger charge is -2.10. The quantitative estimate of drug-likeness (QED) is 0.703. The summed E-state index contributed by atoms with van der Waals surface area (Å²) < 4.78 is 0. The van der Waals surface area contributed by atoms with Gasteiger partial charge >= 0.3 is 0 Å². The number of hydrogen-bond acceptors (Lipinski definition) is 3. The Balaban J connectivity index is 2.02. The van der Waals surface area contributed by atoms with Crippen LogP contribution >= 0.6 is 0 Å². The van der Waals surface area contributed by atoms with Crippen molar-refractivity contribution in [2.45, 2.75) is 12.8 Å². The molecule has 2 aromatic carbocycles. The van der Waals surface area contributed by atoms with Crippen LogP contribution in [0.1, 0.15) is 17.4 Å². The Kier molecular flexibility index (Phi) is 3.75. The summed E-state index contributed by atoms with van der Waals surface area (Å²) in [7, 11) is 0. The molecule has 4 N–H and O–H groups in total. The molecule has 0 saturated heterocycles. The Hall–Kier alpha value is -1.84. The molecule has 0 aliphatic heterocycles. The first-order chi connectivity index (χ1) is 8.25. The highest BCUT2D eigenvalue weighted by Crippen LogP contribution is 2.15. The summed E-state index contributed by atoms with van der Waals surface area (Å²) in [6.45, 7) is 0.755. The van der Waals surface area contributed by atoms with E-state index in [0.29, 0.717) is 5.56 Å². The monoisotopic (exact) mass is 228 g/mol. The summed E-state index contributed by atoms with van der Waals surface area (Å²) >= 11 is 0. The largest absolute Gasteiger partial charge is 0.381 e. The van der Waals surface area contributed by atoms with Gasteiger partial charge in [-0.15, -0.1) is 0 Å². The van der Waals surface area contributed by atoms with E-state index in [2.05, 4.69) is 17.4 Å². The van der Waals surface area contributed by atoms with Crippen molar-refractivity contribution in [2.24, 2.45) is 5.73 Å². The van der Waals surface area contributed by atoms with Gasteiger partial charge in [0.1, 0.15) is 6.23 Å². The number of nitrogens with one attached hydrogen (secondary N) is 1. The third-order valence-corrected chi connectivity index (χ3v) is 2.57. The number of hydrogen-bond donors (Lipinski definition) is 3. The summed E-state index contributed by atoms with van der Waals surface area (Å²) in [4.78, 5) is 0. The van der Waals surface area contributed by atoms with Crippen LogP contribution in [0.4, 0.5) is 5.69 Å². The Morgan fingerprint density at radius 1 is 1.06 bits per heavy atom. The van der Waals surface area contributed by atoms with Crippen LogP contribution in [0.15, 0.2) is 54.6 Å². The molecule has 0 aliphatic rings. The molecule has 0 heterocycles. The lowest BCUT2D eigenvalue weighted by atomic mass is 10.1. The molecule has 0 fully saturated rings. The van der Waals surface area contributed by atoms with Crippen molar-refractivity contribution < 1.29 is 5.11 Å². The first-order valence-electron chi connectivity index (χ1n) is 5.57. The third kappa shape index (κ3) is 3.31. The predicted octanol–water partition coefficient (Wildman–Crippen LogP) is 2.25. The molecular weight excluding hydrogens is 212 g/mol.